The van der Waals surface area contributed by atoms with Gasteiger partial charge in [-0.25, -0.2) is 0 Å². The van der Waals surface area contributed by atoms with Gasteiger partial charge in [-0.05, 0) is 12.8 Å². The zero-order chi connectivity index (χ0) is 42.0. The Morgan fingerprint density at radius 1 is 0.474 bits per heavy atom. The number of quaternary nitrogens is 1. The zero-order valence-corrected chi connectivity index (χ0v) is 39.7. The van der Waals surface area contributed by atoms with Crippen molar-refractivity contribution in [1.82, 2.24) is 0 Å². The van der Waals surface area contributed by atoms with E-state index in [1.54, 1.807) is 0 Å². The topological polar surface area (TPSA) is 94.1 Å². The molecule has 0 aromatic heterocycles. The molecular formula is C48H98NO7P. The molecule has 0 fully saturated rings. The molecule has 2 unspecified atom stereocenters. The van der Waals surface area contributed by atoms with E-state index in [0.29, 0.717) is 24.1 Å². The number of nitrogens with zero attached hydrogens (tertiary/aromatic N) is 1. The zero-order valence-electron chi connectivity index (χ0n) is 38.8. The molecule has 0 aliphatic heterocycles. The van der Waals surface area contributed by atoms with Crippen molar-refractivity contribution in [2.24, 2.45) is 0 Å². The largest absolute Gasteiger partial charge is 0.756 e. The fourth-order valence-corrected chi connectivity index (χ4v) is 8.04. The molecule has 9 heteroatoms. The van der Waals surface area contributed by atoms with E-state index in [0.717, 1.165) is 32.1 Å². The lowest BCUT2D eigenvalue weighted by Crippen LogP contribution is -2.37. The van der Waals surface area contributed by atoms with Gasteiger partial charge >= 0.3 is 5.97 Å². The lowest BCUT2D eigenvalue weighted by atomic mass is 10.0. The molecule has 8 nitrogen and oxygen atoms in total. The highest BCUT2D eigenvalue weighted by Crippen LogP contribution is 2.38. The summed E-state index contributed by atoms with van der Waals surface area (Å²) in [6.07, 6.45) is 45.4. The lowest BCUT2D eigenvalue weighted by Gasteiger charge is -2.28. The van der Waals surface area contributed by atoms with Crippen molar-refractivity contribution in [2.45, 2.75) is 251 Å². The summed E-state index contributed by atoms with van der Waals surface area (Å²) < 4.78 is 34.7. The third-order valence-corrected chi connectivity index (χ3v) is 12.1. The van der Waals surface area contributed by atoms with Gasteiger partial charge in [-0.1, -0.05) is 226 Å². The van der Waals surface area contributed by atoms with Crippen molar-refractivity contribution >= 4 is 13.8 Å². The highest BCUT2D eigenvalue weighted by Gasteiger charge is 2.20. The van der Waals surface area contributed by atoms with Crippen molar-refractivity contribution in [2.75, 3.05) is 54.1 Å². The van der Waals surface area contributed by atoms with E-state index in [1.165, 1.54) is 193 Å². The van der Waals surface area contributed by atoms with Crippen LogP contribution in [0.3, 0.4) is 0 Å². The van der Waals surface area contributed by atoms with Crippen LogP contribution in [0.1, 0.15) is 245 Å². The Hall–Kier alpha value is -0.500. The van der Waals surface area contributed by atoms with E-state index in [2.05, 4.69) is 13.8 Å². The number of esters is 1. The molecule has 0 rings (SSSR count). The maximum absolute atomic E-state index is 12.7. The standard InChI is InChI=1S/C48H98NO7P/c1-6-8-10-12-14-16-18-20-22-24-25-27-29-31-33-35-37-39-41-48(50)56-47(46-55-57(51,52)54-44-42-49(3,4)5)45-53-43-40-38-36-34-32-30-28-26-23-21-19-17-15-13-11-9-7-2/h47H,6-46H2,1-5H3. The Morgan fingerprint density at radius 3 is 1.16 bits per heavy atom. The first-order valence-electron chi connectivity index (χ1n) is 24.8. The number of hydrogen-bond donors (Lipinski definition) is 0. The molecule has 0 aromatic rings. The maximum atomic E-state index is 12.7. The highest BCUT2D eigenvalue weighted by atomic mass is 31.2. The van der Waals surface area contributed by atoms with Crippen LogP contribution in [-0.4, -0.2) is 70.7 Å². The van der Waals surface area contributed by atoms with Gasteiger partial charge in [0.15, 0.2) is 0 Å². The average Bonchev–Trinajstić information content (AvgIpc) is 3.16. The van der Waals surface area contributed by atoms with Crippen molar-refractivity contribution in [1.29, 1.82) is 0 Å². The first-order chi connectivity index (χ1) is 27.6. The van der Waals surface area contributed by atoms with Gasteiger partial charge in [0.1, 0.15) is 19.3 Å². The summed E-state index contributed by atoms with van der Waals surface area (Å²) in [7, 11) is 1.38. The minimum Gasteiger partial charge on any atom is -0.756 e. The Labute approximate surface area is 355 Å². The minimum atomic E-state index is -4.52. The summed E-state index contributed by atoms with van der Waals surface area (Å²) in [5, 5.41) is 0. The SMILES string of the molecule is CCCCCCCCCCCCCCCCCCCCC(=O)OC(COCCCCCCCCCCCCCCCCCCC)COP(=O)([O-])OCC[N+](C)(C)C. The predicted molar refractivity (Wildman–Crippen MR) is 241 cm³/mol. The molecule has 0 heterocycles. The van der Waals surface area contributed by atoms with Crippen molar-refractivity contribution in [3.05, 3.63) is 0 Å². The average molecular weight is 832 g/mol. The number of carbonyl (C=O) groups is 1. The highest BCUT2D eigenvalue weighted by molar-refractivity contribution is 7.45. The van der Waals surface area contributed by atoms with E-state index >= 15 is 0 Å². The molecule has 0 aliphatic rings. The summed E-state index contributed by atoms with van der Waals surface area (Å²) >= 11 is 0. The Kier molecular flexibility index (Phi) is 41.8. The van der Waals surface area contributed by atoms with Crippen molar-refractivity contribution < 1.29 is 37.3 Å². The summed E-state index contributed by atoms with van der Waals surface area (Å²) in [6.45, 7) is 5.49. The Bertz CT molecular complexity index is 883. The molecule has 0 saturated heterocycles. The van der Waals surface area contributed by atoms with Crippen LogP contribution in [0.25, 0.3) is 0 Å². The third kappa shape index (κ3) is 46.4. The second kappa shape index (κ2) is 42.2. The monoisotopic (exact) mass is 832 g/mol. The van der Waals surface area contributed by atoms with Gasteiger partial charge in [-0.15, -0.1) is 0 Å². The summed E-state index contributed by atoms with van der Waals surface area (Å²) in [4.78, 5) is 25.1. The fourth-order valence-electron chi connectivity index (χ4n) is 7.31. The second-order valence-corrected chi connectivity index (χ2v) is 19.6. The molecule has 2 atom stereocenters. The molecular weight excluding hydrogens is 734 g/mol. The normalized spacial score (nSPS) is 13.6. The van der Waals surface area contributed by atoms with Gasteiger partial charge in [0, 0.05) is 13.0 Å². The summed E-state index contributed by atoms with van der Waals surface area (Å²) in [5.41, 5.74) is 0. The summed E-state index contributed by atoms with van der Waals surface area (Å²) in [6, 6.07) is 0. The van der Waals surface area contributed by atoms with Gasteiger partial charge in [0.2, 0.25) is 0 Å². The fraction of sp³-hybridized carbons (Fsp3) is 0.979. The maximum Gasteiger partial charge on any atom is 0.306 e. The molecule has 0 amide bonds. The molecule has 0 aromatic carbocycles. The van der Waals surface area contributed by atoms with E-state index in [9.17, 15) is 14.3 Å². The number of phosphoric acid groups is 1. The molecule has 0 saturated carbocycles. The molecule has 0 spiro atoms. The molecule has 57 heavy (non-hydrogen) atoms. The second-order valence-electron chi connectivity index (χ2n) is 18.2. The lowest BCUT2D eigenvalue weighted by molar-refractivity contribution is -0.870. The number of unbranched alkanes of at least 4 members (excludes halogenated alkanes) is 33. The van der Waals surface area contributed by atoms with Crippen LogP contribution in [0.15, 0.2) is 0 Å². The number of carbonyl (C=O) groups excluding carboxylic acids is 1. The smallest absolute Gasteiger partial charge is 0.306 e. The van der Waals surface area contributed by atoms with Gasteiger partial charge in [0.05, 0.1) is 34.4 Å². The van der Waals surface area contributed by atoms with Crippen LogP contribution in [0.5, 0.6) is 0 Å². The number of ether oxygens (including phenoxy) is 2. The molecule has 0 bridgehead atoms. The number of likely N-dealkylation sites (N-methyl/N-ethyl adjacent to an activating group) is 1. The van der Waals surface area contributed by atoms with Crippen LogP contribution in [0, 0.1) is 0 Å². The van der Waals surface area contributed by atoms with Gasteiger partial charge in [0.25, 0.3) is 7.82 Å². The predicted octanol–water partition coefficient (Wildman–Crippen LogP) is 14.2. The van der Waals surface area contributed by atoms with Crippen LogP contribution < -0.4 is 4.89 Å². The summed E-state index contributed by atoms with van der Waals surface area (Å²) in [5.74, 6) is -0.326. The molecule has 342 valence electrons. The van der Waals surface area contributed by atoms with Crippen LogP contribution in [0.4, 0.5) is 0 Å². The number of phosphoric ester groups is 1. The van der Waals surface area contributed by atoms with Gasteiger partial charge in [-0.3, -0.25) is 9.36 Å². The quantitative estimate of drug-likeness (QED) is 0.0261. The van der Waals surface area contributed by atoms with E-state index in [-0.39, 0.29) is 25.8 Å². The van der Waals surface area contributed by atoms with Crippen LogP contribution in [-0.2, 0) is 27.9 Å². The van der Waals surface area contributed by atoms with Crippen molar-refractivity contribution in [3.8, 4) is 0 Å². The Morgan fingerprint density at radius 2 is 0.807 bits per heavy atom. The van der Waals surface area contributed by atoms with E-state index in [1.807, 2.05) is 21.1 Å². The van der Waals surface area contributed by atoms with Crippen LogP contribution in [0.2, 0.25) is 0 Å². The number of rotatable bonds is 47. The van der Waals surface area contributed by atoms with Crippen LogP contribution >= 0.6 is 7.82 Å². The minimum absolute atomic E-state index is 0.0316. The molecule has 0 radical (unpaired) electrons. The van der Waals surface area contributed by atoms with E-state index in [4.69, 9.17) is 18.5 Å². The third-order valence-electron chi connectivity index (χ3n) is 11.2. The first-order valence-corrected chi connectivity index (χ1v) is 26.2. The number of hydrogen-bond acceptors (Lipinski definition) is 7. The molecule has 0 N–H and O–H groups in total. The van der Waals surface area contributed by atoms with E-state index < -0.39 is 13.9 Å². The molecule has 0 aliphatic carbocycles. The first kappa shape index (κ1) is 56.5. The van der Waals surface area contributed by atoms with Gasteiger partial charge < -0.3 is 27.9 Å². The Balaban J connectivity index is 4.11. The van der Waals surface area contributed by atoms with Crippen molar-refractivity contribution in [3.63, 3.8) is 0 Å². The van der Waals surface area contributed by atoms with Gasteiger partial charge in [-0.2, -0.15) is 0 Å².